The van der Waals surface area contributed by atoms with E-state index >= 15 is 0 Å². The lowest BCUT2D eigenvalue weighted by Gasteiger charge is -2.31. The van der Waals surface area contributed by atoms with Crippen LogP contribution < -0.4 is 9.47 Å². The molecule has 1 amide bonds. The Morgan fingerprint density at radius 1 is 1.23 bits per heavy atom. The minimum atomic E-state index is -0.572. The molecule has 1 saturated carbocycles. The molecule has 0 bridgehead atoms. The molecule has 1 fully saturated rings. The van der Waals surface area contributed by atoms with Crippen molar-refractivity contribution in [1.29, 1.82) is 0 Å². The van der Waals surface area contributed by atoms with Crippen molar-refractivity contribution in [2.45, 2.75) is 45.1 Å². The first-order valence-corrected chi connectivity index (χ1v) is 9.70. The van der Waals surface area contributed by atoms with Crippen LogP contribution in [0.25, 0.3) is 0 Å². The van der Waals surface area contributed by atoms with E-state index in [1.54, 1.807) is 24.1 Å². The zero-order valence-corrected chi connectivity index (χ0v) is 17.1. The highest BCUT2D eigenvalue weighted by Gasteiger charge is 2.23. The number of hydrogen-bond donors (Lipinski definition) is 0. The minimum Gasteiger partial charge on any atom is -0.493 e. The van der Waals surface area contributed by atoms with Crippen LogP contribution in [0, 0.1) is 0 Å². The summed E-state index contributed by atoms with van der Waals surface area (Å²) in [6.45, 7) is 2.07. The number of likely N-dealkylation sites (N-methyl/N-ethyl adjacent to an activating group) is 1. The molecular weight excluding hydrogens is 402 g/mol. The average Bonchev–Trinajstić information content (AvgIpc) is 2.67. The number of carbonyl (C=O) groups is 2. The van der Waals surface area contributed by atoms with Crippen molar-refractivity contribution in [2.75, 3.05) is 27.4 Å². The largest absolute Gasteiger partial charge is 0.493 e. The normalized spacial score (nSPS) is 14.6. The van der Waals surface area contributed by atoms with E-state index in [4.69, 9.17) is 14.2 Å². The summed E-state index contributed by atoms with van der Waals surface area (Å²) in [6.07, 6.45) is 5.53. The summed E-state index contributed by atoms with van der Waals surface area (Å²) in [6, 6.07) is 3.40. The van der Waals surface area contributed by atoms with Gasteiger partial charge in [0.1, 0.15) is 0 Å². The van der Waals surface area contributed by atoms with Crippen molar-refractivity contribution in [3.8, 4) is 11.5 Å². The predicted molar refractivity (Wildman–Crippen MR) is 102 cm³/mol. The second-order valence-corrected chi connectivity index (χ2v) is 7.15. The Morgan fingerprint density at radius 2 is 1.92 bits per heavy atom. The van der Waals surface area contributed by atoms with Gasteiger partial charge in [-0.25, -0.2) is 4.79 Å². The number of benzene rings is 1. The fraction of sp³-hybridized carbons (Fsp3) is 0.579. The molecule has 144 valence electrons. The molecular formula is C19H26BrNO5. The molecule has 0 spiro atoms. The van der Waals surface area contributed by atoms with Crippen molar-refractivity contribution in [2.24, 2.45) is 0 Å². The maximum Gasteiger partial charge on any atom is 0.338 e. The maximum absolute atomic E-state index is 12.3. The number of nitrogens with zero attached hydrogens (tertiary/aromatic N) is 1. The highest BCUT2D eigenvalue weighted by Crippen LogP contribution is 2.36. The van der Waals surface area contributed by atoms with E-state index in [2.05, 4.69) is 15.9 Å². The number of halogens is 1. The van der Waals surface area contributed by atoms with Gasteiger partial charge >= 0.3 is 5.97 Å². The third-order valence-electron chi connectivity index (χ3n) is 4.60. The van der Waals surface area contributed by atoms with Crippen LogP contribution in [0.4, 0.5) is 0 Å². The summed E-state index contributed by atoms with van der Waals surface area (Å²) in [5.74, 6) is 0.207. The van der Waals surface area contributed by atoms with Crippen molar-refractivity contribution in [3.05, 3.63) is 22.2 Å². The number of rotatable bonds is 7. The lowest BCUT2D eigenvalue weighted by molar-refractivity contribution is -0.135. The number of ether oxygens (including phenoxy) is 3. The second-order valence-electron chi connectivity index (χ2n) is 6.30. The van der Waals surface area contributed by atoms with Crippen LogP contribution in [-0.4, -0.2) is 50.2 Å². The monoisotopic (exact) mass is 427 g/mol. The molecule has 0 saturated heterocycles. The van der Waals surface area contributed by atoms with E-state index in [0.717, 1.165) is 25.7 Å². The Balaban J connectivity index is 1.98. The zero-order chi connectivity index (χ0) is 19.1. The van der Waals surface area contributed by atoms with Crippen LogP contribution in [0.5, 0.6) is 11.5 Å². The van der Waals surface area contributed by atoms with Gasteiger partial charge in [0.2, 0.25) is 0 Å². The Labute approximate surface area is 162 Å². The van der Waals surface area contributed by atoms with Crippen molar-refractivity contribution in [1.82, 2.24) is 4.90 Å². The van der Waals surface area contributed by atoms with Gasteiger partial charge in [0.15, 0.2) is 18.1 Å². The Hall–Kier alpha value is -1.76. The fourth-order valence-corrected chi connectivity index (χ4v) is 3.66. The summed E-state index contributed by atoms with van der Waals surface area (Å²) < 4.78 is 16.6. The quantitative estimate of drug-likeness (QED) is 0.619. The first-order valence-electron chi connectivity index (χ1n) is 8.91. The van der Waals surface area contributed by atoms with E-state index in [9.17, 15) is 9.59 Å². The minimum absolute atomic E-state index is 0.179. The van der Waals surface area contributed by atoms with Crippen LogP contribution in [0.15, 0.2) is 16.6 Å². The van der Waals surface area contributed by atoms with Crippen molar-refractivity contribution in [3.63, 3.8) is 0 Å². The molecule has 1 aliphatic carbocycles. The van der Waals surface area contributed by atoms with E-state index in [-0.39, 0.29) is 18.6 Å². The molecule has 0 N–H and O–H groups in total. The third kappa shape index (κ3) is 5.13. The van der Waals surface area contributed by atoms with Gasteiger partial charge < -0.3 is 19.1 Å². The smallest absolute Gasteiger partial charge is 0.338 e. The molecule has 1 aromatic rings. The SMILES string of the molecule is CCOc1c(Br)cc(C(=O)OCC(=O)N(C)C2CCCCC2)cc1OC. The van der Waals surface area contributed by atoms with E-state index < -0.39 is 5.97 Å². The average molecular weight is 428 g/mol. The summed E-state index contributed by atoms with van der Waals surface area (Å²) in [4.78, 5) is 26.3. The molecule has 0 heterocycles. The van der Waals surface area contributed by atoms with Crippen LogP contribution in [-0.2, 0) is 9.53 Å². The fourth-order valence-electron chi connectivity index (χ4n) is 3.11. The first kappa shape index (κ1) is 20.6. The highest BCUT2D eigenvalue weighted by atomic mass is 79.9. The third-order valence-corrected chi connectivity index (χ3v) is 5.19. The highest BCUT2D eigenvalue weighted by molar-refractivity contribution is 9.10. The molecule has 1 aliphatic rings. The second kappa shape index (κ2) is 9.80. The summed E-state index contributed by atoms with van der Waals surface area (Å²) >= 11 is 3.38. The van der Waals surface area contributed by atoms with Crippen LogP contribution in [0.1, 0.15) is 49.4 Å². The van der Waals surface area contributed by atoms with Gasteiger partial charge in [-0.3, -0.25) is 4.79 Å². The number of esters is 1. The van der Waals surface area contributed by atoms with Crippen molar-refractivity contribution < 1.29 is 23.8 Å². The van der Waals surface area contributed by atoms with Gasteiger partial charge in [0, 0.05) is 13.1 Å². The van der Waals surface area contributed by atoms with Gasteiger partial charge in [-0.1, -0.05) is 19.3 Å². The molecule has 0 atom stereocenters. The van der Waals surface area contributed by atoms with Crippen LogP contribution in [0.3, 0.4) is 0 Å². The predicted octanol–water partition coefficient (Wildman–Crippen LogP) is 3.80. The maximum atomic E-state index is 12.3. The molecule has 0 unspecified atom stereocenters. The van der Waals surface area contributed by atoms with Crippen molar-refractivity contribution >= 4 is 27.8 Å². The van der Waals surface area contributed by atoms with Crippen LogP contribution >= 0.6 is 15.9 Å². The number of amides is 1. The Morgan fingerprint density at radius 3 is 2.54 bits per heavy atom. The molecule has 0 aromatic heterocycles. The van der Waals surface area contributed by atoms with Gasteiger partial charge in [-0.15, -0.1) is 0 Å². The van der Waals surface area contributed by atoms with E-state index in [1.807, 2.05) is 6.92 Å². The molecule has 6 nitrogen and oxygen atoms in total. The lowest BCUT2D eigenvalue weighted by atomic mass is 9.94. The molecule has 7 heteroatoms. The molecule has 0 radical (unpaired) electrons. The van der Waals surface area contributed by atoms with Gasteiger partial charge in [0.25, 0.3) is 5.91 Å². The van der Waals surface area contributed by atoms with E-state index in [1.165, 1.54) is 13.5 Å². The standard InChI is InChI=1S/C19H26BrNO5/c1-4-25-18-15(20)10-13(11-16(18)24-3)19(23)26-12-17(22)21(2)14-8-6-5-7-9-14/h10-11,14H,4-9,12H2,1-3H3. The number of hydrogen-bond acceptors (Lipinski definition) is 5. The van der Waals surface area contributed by atoms with Gasteiger partial charge in [0.05, 0.1) is 23.8 Å². The zero-order valence-electron chi connectivity index (χ0n) is 15.5. The Kier molecular flexibility index (Phi) is 7.75. The summed E-state index contributed by atoms with van der Waals surface area (Å²) in [7, 11) is 3.28. The molecule has 1 aromatic carbocycles. The summed E-state index contributed by atoms with van der Waals surface area (Å²) in [5.41, 5.74) is 0.297. The molecule has 0 aliphatic heterocycles. The number of methoxy groups -OCH3 is 1. The Bertz CT molecular complexity index is 643. The molecule has 26 heavy (non-hydrogen) atoms. The lowest BCUT2D eigenvalue weighted by Crippen LogP contribution is -2.40. The topological polar surface area (TPSA) is 65.1 Å². The van der Waals surface area contributed by atoms with E-state index in [0.29, 0.717) is 28.1 Å². The summed E-state index contributed by atoms with van der Waals surface area (Å²) in [5, 5.41) is 0. The first-order chi connectivity index (χ1) is 12.5. The number of carbonyl (C=O) groups excluding carboxylic acids is 2. The van der Waals surface area contributed by atoms with Crippen LogP contribution in [0.2, 0.25) is 0 Å². The molecule has 2 rings (SSSR count). The van der Waals surface area contributed by atoms with Gasteiger partial charge in [-0.05, 0) is 47.8 Å². The van der Waals surface area contributed by atoms with Gasteiger partial charge in [-0.2, -0.15) is 0 Å².